The predicted octanol–water partition coefficient (Wildman–Crippen LogP) is 3.99. The highest BCUT2D eigenvalue weighted by atomic mass is 127. The van der Waals surface area contributed by atoms with Crippen molar-refractivity contribution >= 4 is 46.7 Å². The summed E-state index contributed by atoms with van der Waals surface area (Å²) in [6.07, 6.45) is 1.08. The van der Waals surface area contributed by atoms with Gasteiger partial charge in [-0.05, 0) is 44.0 Å². The molecule has 1 N–H and O–H groups in total. The van der Waals surface area contributed by atoms with Crippen LogP contribution in [0.5, 0.6) is 0 Å². The van der Waals surface area contributed by atoms with E-state index >= 15 is 0 Å². The Morgan fingerprint density at radius 3 is 2.78 bits per heavy atom. The maximum atomic E-state index is 4.90. The molecule has 142 valence electrons. The maximum Gasteiger partial charge on any atom is 0.198 e. The summed E-state index contributed by atoms with van der Waals surface area (Å²) in [5.41, 5.74) is 4.90. The molecule has 3 aromatic rings. The summed E-state index contributed by atoms with van der Waals surface area (Å²) >= 11 is 0. The van der Waals surface area contributed by atoms with E-state index in [9.17, 15) is 0 Å². The van der Waals surface area contributed by atoms with Gasteiger partial charge in [-0.25, -0.2) is 4.98 Å². The first-order valence-electron chi connectivity index (χ1n) is 9.33. The lowest BCUT2D eigenvalue weighted by Crippen LogP contribution is -2.40. The number of imidazole rings is 1. The number of guanidine groups is 1. The fraction of sp³-hybridized carbons (Fsp3) is 0.333. The van der Waals surface area contributed by atoms with Crippen molar-refractivity contribution < 1.29 is 0 Å². The lowest BCUT2D eigenvalue weighted by atomic mass is 10.2. The van der Waals surface area contributed by atoms with Gasteiger partial charge in [-0.2, -0.15) is 0 Å². The lowest BCUT2D eigenvalue weighted by molar-refractivity contribution is 0.699. The van der Waals surface area contributed by atoms with E-state index in [2.05, 4.69) is 76.1 Å². The maximum absolute atomic E-state index is 4.90. The summed E-state index contributed by atoms with van der Waals surface area (Å²) in [5.74, 6) is 2.01. The lowest BCUT2D eigenvalue weighted by Gasteiger charge is -2.22. The highest BCUT2D eigenvalue weighted by Crippen LogP contribution is 2.27. The average Bonchev–Trinajstić information content (AvgIpc) is 3.22. The predicted molar refractivity (Wildman–Crippen MR) is 123 cm³/mol. The molecular weight excluding hydrogens is 449 g/mol. The molecule has 1 aliphatic heterocycles. The minimum Gasteiger partial charge on any atom is -0.356 e. The largest absolute Gasteiger partial charge is 0.356 e. The van der Waals surface area contributed by atoms with Gasteiger partial charge in [0.05, 0.1) is 17.6 Å². The Labute approximate surface area is 177 Å². The zero-order valence-electron chi connectivity index (χ0n) is 15.9. The topological polar surface area (TPSA) is 45.5 Å². The zero-order valence-corrected chi connectivity index (χ0v) is 18.2. The van der Waals surface area contributed by atoms with Gasteiger partial charge in [0.1, 0.15) is 5.82 Å². The molecule has 0 aliphatic carbocycles. The van der Waals surface area contributed by atoms with Gasteiger partial charge in [0, 0.05) is 25.3 Å². The first-order valence-corrected chi connectivity index (χ1v) is 9.33. The van der Waals surface area contributed by atoms with Gasteiger partial charge in [0.25, 0.3) is 0 Å². The Bertz CT molecular complexity index is 947. The molecule has 0 radical (unpaired) electrons. The van der Waals surface area contributed by atoms with Crippen LogP contribution in [0, 0.1) is 6.92 Å². The fourth-order valence-corrected chi connectivity index (χ4v) is 3.69. The number of rotatable bonds is 4. The van der Waals surface area contributed by atoms with Gasteiger partial charge in [-0.15, -0.1) is 24.0 Å². The summed E-state index contributed by atoms with van der Waals surface area (Å²) < 4.78 is 2.25. The van der Waals surface area contributed by atoms with Crippen molar-refractivity contribution in [2.24, 2.45) is 4.99 Å². The summed E-state index contributed by atoms with van der Waals surface area (Å²) in [6, 6.07) is 16.9. The molecule has 0 unspecified atom stereocenters. The number of halogens is 1. The number of aliphatic imine (C=N–C) groups is 1. The van der Waals surface area contributed by atoms with Crippen LogP contribution in [0.4, 0.5) is 5.69 Å². The number of anilines is 1. The standard InChI is InChI=1S/C21H25N5.HI/c1-3-22-21(26-14-12-17-8-4-6-10-19(17)26)23-13-15-25-16(2)24-18-9-5-7-11-20(18)25;/h4-11H,3,12-15H2,1-2H3,(H,22,23);1H. The van der Waals surface area contributed by atoms with Gasteiger partial charge < -0.3 is 14.8 Å². The first-order chi connectivity index (χ1) is 12.8. The third-order valence-corrected chi connectivity index (χ3v) is 4.91. The number of para-hydroxylation sites is 3. The molecule has 0 saturated heterocycles. The van der Waals surface area contributed by atoms with E-state index in [1.165, 1.54) is 16.8 Å². The normalized spacial score (nSPS) is 13.6. The summed E-state index contributed by atoms with van der Waals surface area (Å²) in [6.45, 7) is 7.58. The van der Waals surface area contributed by atoms with Crippen LogP contribution in [-0.4, -0.2) is 35.1 Å². The molecular formula is C21H26IN5. The van der Waals surface area contributed by atoms with Crippen molar-refractivity contribution in [3.05, 3.63) is 59.9 Å². The second-order valence-corrected chi connectivity index (χ2v) is 6.57. The molecule has 0 bridgehead atoms. The minimum absolute atomic E-state index is 0. The van der Waals surface area contributed by atoms with E-state index in [1.54, 1.807) is 0 Å². The molecule has 5 nitrogen and oxygen atoms in total. The Morgan fingerprint density at radius 2 is 1.93 bits per heavy atom. The quantitative estimate of drug-likeness (QED) is 0.353. The van der Waals surface area contributed by atoms with Crippen molar-refractivity contribution in [1.82, 2.24) is 14.9 Å². The van der Waals surface area contributed by atoms with E-state index < -0.39 is 0 Å². The third-order valence-electron chi connectivity index (χ3n) is 4.91. The third kappa shape index (κ3) is 3.95. The number of aromatic nitrogens is 2. The van der Waals surface area contributed by atoms with E-state index in [-0.39, 0.29) is 24.0 Å². The molecule has 6 heteroatoms. The van der Waals surface area contributed by atoms with Crippen molar-refractivity contribution in [2.45, 2.75) is 26.8 Å². The van der Waals surface area contributed by atoms with E-state index in [1.807, 2.05) is 6.07 Å². The van der Waals surface area contributed by atoms with Crippen LogP contribution in [0.3, 0.4) is 0 Å². The van der Waals surface area contributed by atoms with Gasteiger partial charge in [-0.3, -0.25) is 4.99 Å². The SMILES string of the molecule is CCNC(=NCCn1c(C)nc2ccccc21)N1CCc2ccccc21.I. The van der Waals surface area contributed by atoms with Crippen LogP contribution in [0.15, 0.2) is 53.5 Å². The average molecular weight is 475 g/mol. The first kappa shape index (κ1) is 19.7. The Kier molecular flexibility index (Phi) is 6.36. The molecule has 4 rings (SSSR count). The Morgan fingerprint density at radius 1 is 1.15 bits per heavy atom. The second-order valence-electron chi connectivity index (χ2n) is 6.57. The number of hydrogen-bond donors (Lipinski definition) is 1. The molecule has 0 amide bonds. The van der Waals surface area contributed by atoms with Crippen LogP contribution in [-0.2, 0) is 13.0 Å². The number of aryl methyl sites for hydroxylation is 1. The van der Waals surface area contributed by atoms with Crippen molar-refractivity contribution in [3.63, 3.8) is 0 Å². The summed E-state index contributed by atoms with van der Waals surface area (Å²) in [7, 11) is 0. The molecule has 0 saturated carbocycles. The van der Waals surface area contributed by atoms with E-state index in [4.69, 9.17) is 4.99 Å². The van der Waals surface area contributed by atoms with Crippen LogP contribution in [0.25, 0.3) is 11.0 Å². The number of hydrogen-bond acceptors (Lipinski definition) is 2. The Balaban J connectivity index is 0.00000210. The smallest absolute Gasteiger partial charge is 0.198 e. The number of nitrogens with one attached hydrogen (secondary N) is 1. The molecule has 1 aromatic heterocycles. The summed E-state index contributed by atoms with van der Waals surface area (Å²) in [4.78, 5) is 11.8. The van der Waals surface area contributed by atoms with Crippen molar-refractivity contribution in [2.75, 3.05) is 24.5 Å². The molecule has 1 aliphatic rings. The van der Waals surface area contributed by atoms with E-state index in [0.29, 0.717) is 0 Å². The molecule has 27 heavy (non-hydrogen) atoms. The highest BCUT2D eigenvalue weighted by molar-refractivity contribution is 14.0. The fourth-order valence-electron chi connectivity index (χ4n) is 3.69. The number of nitrogens with zero attached hydrogens (tertiary/aromatic N) is 4. The number of benzene rings is 2. The van der Waals surface area contributed by atoms with Gasteiger partial charge in [-0.1, -0.05) is 30.3 Å². The van der Waals surface area contributed by atoms with Crippen LogP contribution >= 0.6 is 24.0 Å². The molecule has 0 spiro atoms. The highest BCUT2D eigenvalue weighted by Gasteiger charge is 2.22. The van der Waals surface area contributed by atoms with Crippen LogP contribution in [0.2, 0.25) is 0 Å². The molecule has 0 atom stereocenters. The summed E-state index contributed by atoms with van der Waals surface area (Å²) in [5, 5.41) is 3.45. The minimum atomic E-state index is 0. The van der Waals surface area contributed by atoms with Crippen LogP contribution in [0.1, 0.15) is 18.3 Å². The molecule has 0 fully saturated rings. The molecule has 2 heterocycles. The van der Waals surface area contributed by atoms with Gasteiger partial charge in [0.15, 0.2) is 5.96 Å². The second kappa shape index (κ2) is 8.73. The van der Waals surface area contributed by atoms with Crippen molar-refractivity contribution in [3.8, 4) is 0 Å². The van der Waals surface area contributed by atoms with Crippen LogP contribution < -0.4 is 10.2 Å². The number of fused-ring (bicyclic) bond motifs is 2. The molecule has 2 aromatic carbocycles. The van der Waals surface area contributed by atoms with Gasteiger partial charge >= 0.3 is 0 Å². The van der Waals surface area contributed by atoms with Gasteiger partial charge in [0.2, 0.25) is 0 Å². The Hall–Kier alpha value is -2.09. The van der Waals surface area contributed by atoms with Crippen molar-refractivity contribution in [1.29, 1.82) is 0 Å². The zero-order chi connectivity index (χ0) is 17.9. The van der Waals surface area contributed by atoms with E-state index in [0.717, 1.165) is 49.9 Å². The monoisotopic (exact) mass is 475 g/mol.